The van der Waals surface area contributed by atoms with Gasteiger partial charge in [-0.2, -0.15) is 13.2 Å². The van der Waals surface area contributed by atoms with E-state index < -0.39 is 17.6 Å². The number of aromatic nitrogens is 5. The number of anilines is 2. The summed E-state index contributed by atoms with van der Waals surface area (Å²) < 4.78 is 43.3. The minimum absolute atomic E-state index is 0. The van der Waals surface area contributed by atoms with Crippen LogP contribution in [0, 0.1) is 6.92 Å². The maximum Gasteiger partial charge on any atom is 0.416 e. The van der Waals surface area contributed by atoms with E-state index in [0.717, 1.165) is 17.7 Å². The molecule has 8 nitrogen and oxygen atoms in total. The number of carbonyl (C=O) groups is 1. The third kappa shape index (κ3) is 5.88. The molecule has 5 rings (SSSR count). The Labute approximate surface area is 227 Å². The van der Waals surface area contributed by atoms with Crippen LogP contribution in [0.2, 0.25) is 0 Å². The van der Waals surface area contributed by atoms with Gasteiger partial charge in [0, 0.05) is 52.9 Å². The minimum atomic E-state index is -4.64. The smallest absolute Gasteiger partial charge is 0.366 e. The van der Waals surface area contributed by atoms with Gasteiger partial charge in [0.1, 0.15) is 0 Å². The number of aryl methyl sites for hydroxylation is 1. The molecule has 0 atom stereocenters. The number of nitrogens with two attached hydrogens (primary N) is 1. The van der Waals surface area contributed by atoms with Gasteiger partial charge in [0.15, 0.2) is 0 Å². The average Bonchev–Trinajstić information content (AvgIpc) is 3.35. The van der Waals surface area contributed by atoms with Crippen molar-refractivity contribution in [1.82, 2.24) is 24.5 Å². The van der Waals surface area contributed by atoms with E-state index >= 15 is 0 Å². The fourth-order valence-corrected chi connectivity index (χ4v) is 4.02. The number of nitrogens with zero attached hydrogens (tertiary/aromatic N) is 5. The van der Waals surface area contributed by atoms with E-state index in [1.165, 1.54) is 23.0 Å². The number of nitrogens with one attached hydrogen (secondary N) is 1. The number of amides is 1. The second-order valence-electron chi connectivity index (χ2n) is 8.41. The molecule has 3 aromatic heterocycles. The van der Waals surface area contributed by atoms with E-state index in [4.69, 9.17) is 5.73 Å². The number of hydrogen-bond acceptors (Lipinski definition) is 6. The number of halogens is 4. The number of carbonyl (C=O) groups excluding carboxylic acids is 1. The Morgan fingerprint density at radius 1 is 1.00 bits per heavy atom. The monoisotopic (exact) mass is 551 g/mol. The van der Waals surface area contributed by atoms with Crippen molar-refractivity contribution < 1.29 is 18.0 Å². The van der Waals surface area contributed by atoms with Gasteiger partial charge >= 0.3 is 6.18 Å². The van der Waals surface area contributed by atoms with Crippen molar-refractivity contribution in [2.45, 2.75) is 13.1 Å². The molecule has 0 saturated heterocycles. The molecule has 39 heavy (non-hydrogen) atoms. The second-order valence-corrected chi connectivity index (χ2v) is 8.41. The van der Waals surface area contributed by atoms with Crippen molar-refractivity contribution in [2.24, 2.45) is 5.73 Å². The zero-order valence-corrected chi connectivity index (χ0v) is 21.2. The zero-order valence-electron chi connectivity index (χ0n) is 20.3. The molecule has 0 unspecified atom stereocenters. The first-order valence-electron chi connectivity index (χ1n) is 11.4. The highest BCUT2D eigenvalue weighted by molar-refractivity contribution is 6.03. The normalized spacial score (nSPS) is 11.1. The summed E-state index contributed by atoms with van der Waals surface area (Å²) in [6.07, 6.45) is 3.21. The van der Waals surface area contributed by atoms with Crippen molar-refractivity contribution in [3.63, 3.8) is 0 Å². The van der Waals surface area contributed by atoms with Crippen LogP contribution in [0.15, 0.2) is 85.7 Å². The van der Waals surface area contributed by atoms with Gasteiger partial charge in [0.2, 0.25) is 11.9 Å². The quantitative estimate of drug-likeness (QED) is 0.268. The van der Waals surface area contributed by atoms with E-state index in [-0.39, 0.29) is 40.7 Å². The lowest BCUT2D eigenvalue weighted by molar-refractivity contribution is -0.137. The van der Waals surface area contributed by atoms with E-state index in [1.54, 1.807) is 56.0 Å². The molecule has 1 amide bonds. The molecule has 3 N–H and O–H groups in total. The van der Waals surface area contributed by atoms with Crippen LogP contribution in [0.25, 0.3) is 28.1 Å². The summed E-state index contributed by atoms with van der Waals surface area (Å²) in [4.78, 5) is 29.3. The number of imidazole rings is 1. The molecule has 0 aliphatic rings. The van der Waals surface area contributed by atoms with Crippen LogP contribution in [0.3, 0.4) is 0 Å². The topological polar surface area (TPSA) is 112 Å². The molecule has 0 aliphatic heterocycles. The predicted molar refractivity (Wildman–Crippen MR) is 143 cm³/mol. The van der Waals surface area contributed by atoms with Crippen LogP contribution in [0.5, 0.6) is 0 Å². The van der Waals surface area contributed by atoms with E-state index in [2.05, 4.69) is 25.3 Å². The lowest BCUT2D eigenvalue weighted by Crippen LogP contribution is -2.14. The van der Waals surface area contributed by atoms with Crippen molar-refractivity contribution in [3.8, 4) is 28.1 Å². The van der Waals surface area contributed by atoms with Crippen molar-refractivity contribution in [2.75, 3.05) is 5.32 Å². The minimum Gasteiger partial charge on any atom is -0.366 e. The number of rotatable bonds is 6. The largest absolute Gasteiger partial charge is 0.416 e. The number of pyridine rings is 1. The fraction of sp³-hybridized carbons (Fsp3) is 0.0741. The number of primary amides is 1. The molecule has 0 bridgehead atoms. The van der Waals surface area contributed by atoms with Gasteiger partial charge in [-0.25, -0.2) is 15.0 Å². The molecule has 12 heteroatoms. The Morgan fingerprint density at radius 2 is 1.82 bits per heavy atom. The lowest BCUT2D eigenvalue weighted by atomic mass is 9.95. The molecule has 0 aliphatic carbocycles. The van der Waals surface area contributed by atoms with Crippen LogP contribution in [-0.2, 0) is 6.18 Å². The summed E-state index contributed by atoms with van der Waals surface area (Å²) in [6.45, 7) is 1.73. The maximum atomic E-state index is 13.9. The second kappa shape index (κ2) is 10.9. The van der Waals surface area contributed by atoms with Crippen molar-refractivity contribution >= 4 is 29.9 Å². The first-order valence-corrected chi connectivity index (χ1v) is 11.4. The highest BCUT2D eigenvalue weighted by Gasteiger charge is 2.32. The van der Waals surface area contributed by atoms with Gasteiger partial charge in [-0.1, -0.05) is 6.07 Å². The van der Waals surface area contributed by atoms with Crippen LogP contribution in [0.4, 0.5) is 24.8 Å². The standard InChI is InChI=1S/C27H20F3N7O.ClH/c1-16-14-37(15-34-16)20-11-18(10-19(12-20)27(28,29)30)24-21(25(31)38)5-2-6-23(24)36-26-33-9-7-22(35-26)17-4-3-8-32-13-17;/h2-15H,1H3,(H2,31,38)(H,33,35,36);1H. The summed E-state index contributed by atoms with van der Waals surface area (Å²) in [6, 6.07) is 13.5. The van der Waals surface area contributed by atoms with Crippen LogP contribution in [-0.4, -0.2) is 30.4 Å². The molecule has 0 spiro atoms. The highest BCUT2D eigenvalue weighted by atomic mass is 35.5. The summed E-state index contributed by atoms with van der Waals surface area (Å²) in [5, 5.41) is 3.05. The molecular weight excluding hydrogens is 531 g/mol. The van der Waals surface area contributed by atoms with E-state index in [9.17, 15) is 18.0 Å². The molecule has 0 saturated carbocycles. The summed E-state index contributed by atoms with van der Waals surface area (Å²) in [5.41, 5.74) is 7.59. The van der Waals surface area contributed by atoms with E-state index in [1.807, 2.05) is 6.07 Å². The number of hydrogen-bond donors (Lipinski definition) is 2. The molecule has 2 aromatic carbocycles. The van der Waals surface area contributed by atoms with Crippen LogP contribution in [0.1, 0.15) is 21.6 Å². The van der Waals surface area contributed by atoms with Crippen molar-refractivity contribution in [1.29, 1.82) is 0 Å². The van der Waals surface area contributed by atoms with Gasteiger partial charge < -0.3 is 15.6 Å². The Bertz CT molecular complexity index is 1640. The number of alkyl halides is 3. The summed E-state index contributed by atoms with van der Waals surface area (Å²) >= 11 is 0. The average molecular weight is 552 g/mol. The Morgan fingerprint density at radius 3 is 2.49 bits per heavy atom. The highest BCUT2D eigenvalue weighted by Crippen LogP contribution is 2.39. The van der Waals surface area contributed by atoms with Gasteiger partial charge in [-0.15, -0.1) is 12.4 Å². The number of benzene rings is 2. The zero-order chi connectivity index (χ0) is 26.9. The van der Waals surface area contributed by atoms with Crippen LogP contribution < -0.4 is 11.1 Å². The first-order chi connectivity index (χ1) is 18.2. The molecule has 198 valence electrons. The molecule has 3 heterocycles. The fourth-order valence-electron chi connectivity index (χ4n) is 4.02. The third-order valence-electron chi connectivity index (χ3n) is 5.73. The van der Waals surface area contributed by atoms with Crippen LogP contribution >= 0.6 is 12.4 Å². The summed E-state index contributed by atoms with van der Waals surface area (Å²) in [5.74, 6) is -0.627. The van der Waals surface area contributed by atoms with Gasteiger partial charge in [0.25, 0.3) is 0 Å². The van der Waals surface area contributed by atoms with Crippen molar-refractivity contribution in [3.05, 3.63) is 103 Å². The third-order valence-corrected chi connectivity index (χ3v) is 5.73. The Hall–Kier alpha value is -4.77. The SMILES string of the molecule is Cc1cn(-c2cc(-c3c(Nc4nccc(-c5cccnc5)n4)cccc3C(N)=O)cc(C(F)(F)F)c2)cn1.Cl. The molecule has 0 fully saturated rings. The lowest BCUT2D eigenvalue weighted by Gasteiger charge is -2.18. The summed E-state index contributed by atoms with van der Waals surface area (Å²) in [7, 11) is 0. The maximum absolute atomic E-state index is 13.9. The molecular formula is C27H21ClF3N7O. The van der Waals surface area contributed by atoms with Gasteiger partial charge in [0.05, 0.1) is 23.3 Å². The first kappa shape index (κ1) is 27.3. The van der Waals surface area contributed by atoms with Gasteiger partial charge in [-0.05, 0) is 61.0 Å². The van der Waals surface area contributed by atoms with E-state index in [0.29, 0.717) is 17.1 Å². The molecule has 0 radical (unpaired) electrons. The Balaban J connectivity index is 0.00000353. The van der Waals surface area contributed by atoms with Gasteiger partial charge in [-0.3, -0.25) is 9.78 Å². The Kier molecular flexibility index (Phi) is 7.63. The predicted octanol–water partition coefficient (Wildman–Crippen LogP) is 5.98. The molecule has 5 aromatic rings.